The van der Waals surface area contributed by atoms with E-state index in [2.05, 4.69) is 43.4 Å². The van der Waals surface area contributed by atoms with Gasteiger partial charge in [-0.25, -0.2) is 0 Å². The lowest BCUT2D eigenvalue weighted by Gasteiger charge is -2.30. The first kappa shape index (κ1) is 14.9. The lowest BCUT2D eigenvalue weighted by molar-refractivity contribution is 0.578. The van der Waals surface area contributed by atoms with E-state index in [1.165, 1.54) is 30.5 Å². The zero-order valence-electron chi connectivity index (χ0n) is 13.7. The number of nitrogens with zero attached hydrogens (tertiary/aromatic N) is 4. The van der Waals surface area contributed by atoms with Crippen molar-refractivity contribution in [3.05, 3.63) is 54.6 Å². The van der Waals surface area contributed by atoms with Crippen molar-refractivity contribution in [3.63, 3.8) is 0 Å². The fourth-order valence-corrected chi connectivity index (χ4v) is 3.25. The molecule has 0 unspecified atom stereocenters. The van der Waals surface area contributed by atoms with Crippen LogP contribution in [0.25, 0.3) is 11.0 Å². The summed E-state index contributed by atoms with van der Waals surface area (Å²) in [5, 5.41) is 3.54. The summed E-state index contributed by atoms with van der Waals surface area (Å²) >= 11 is 0. The van der Waals surface area contributed by atoms with Gasteiger partial charge < -0.3 is 10.2 Å². The summed E-state index contributed by atoms with van der Waals surface area (Å²) in [6, 6.07) is 8.32. The SMILES string of the molecule is c1cc(N2CCCCC2)c(NCc2ccc3nccnc3c2)cn1. The number of benzene rings is 1. The molecular formula is C19H21N5. The monoisotopic (exact) mass is 319 g/mol. The second-order valence-electron chi connectivity index (χ2n) is 6.17. The van der Waals surface area contributed by atoms with Crippen molar-refractivity contribution in [3.8, 4) is 0 Å². The molecule has 0 aliphatic carbocycles. The van der Waals surface area contributed by atoms with E-state index in [1.54, 1.807) is 12.4 Å². The Kier molecular flexibility index (Phi) is 4.23. The third-order valence-electron chi connectivity index (χ3n) is 4.51. The molecule has 0 spiro atoms. The van der Waals surface area contributed by atoms with Gasteiger partial charge in [-0.2, -0.15) is 0 Å². The molecule has 1 fully saturated rings. The van der Waals surface area contributed by atoms with E-state index in [0.717, 1.165) is 36.4 Å². The normalized spacial score (nSPS) is 14.8. The molecule has 0 amide bonds. The minimum absolute atomic E-state index is 0.749. The number of piperidine rings is 1. The zero-order chi connectivity index (χ0) is 16.2. The zero-order valence-corrected chi connectivity index (χ0v) is 13.7. The smallest absolute Gasteiger partial charge is 0.0890 e. The van der Waals surface area contributed by atoms with Crippen LogP contribution in [0.2, 0.25) is 0 Å². The standard InChI is InChI=1S/C19H21N5/c1-2-10-24(11-3-1)19-6-7-20-14-18(19)23-13-15-4-5-16-17(12-15)22-9-8-21-16/h4-9,12,14,23H,1-3,10-11,13H2. The minimum Gasteiger partial charge on any atom is -0.378 e. The number of pyridine rings is 1. The molecule has 1 aliphatic heterocycles. The number of anilines is 2. The van der Waals surface area contributed by atoms with E-state index >= 15 is 0 Å². The van der Waals surface area contributed by atoms with Crippen molar-refractivity contribution < 1.29 is 0 Å². The first-order chi connectivity index (χ1) is 11.9. The third-order valence-corrected chi connectivity index (χ3v) is 4.51. The van der Waals surface area contributed by atoms with Crippen LogP contribution < -0.4 is 10.2 Å². The van der Waals surface area contributed by atoms with Crippen LogP contribution in [0.3, 0.4) is 0 Å². The molecule has 1 aliphatic rings. The molecule has 1 N–H and O–H groups in total. The lowest BCUT2D eigenvalue weighted by Crippen LogP contribution is -2.30. The van der Waals surface area contributed by atoms with Crippen LogP contribution in [-0.4, -0.2) is 28.0 Å². The predicted octanol–water partition coefficient (Wildman–Crippen LogP) is 3.63. The second kappa shape index (κ2) is 6.83. The van der Waals surface area contributed by atoms with Crippen molar-refractivity contribution in [1.29, 1.82) is 0 Å². The Morgan fingerprint density at radius 1 is 0.917 bits per heavy atom. The molecule has 2 aromatic heterocycles. The van der Waals surface area contributed by atoms with Crippen LogP contribution in [0.5, 0.6) is 0 Å². The molecule has 4 rings (SSSR count). The Bertz CT molecular complexity index is 827. The van der Waals surface area contributed by atoms with E-state index < -0.39 is 0 Å². The highest BCUT2D eigenvalue weighted by Gasteiger charge is 2.14. The Hall–Kier alpha value is -2.69. The quantitative estimate of drug-likeness (QED) is 0.796. The number of fused-ring (bicyclic) bond motifs is 1. The van der Waals surface area contributed by atoms with Gasteiger partial charge in [-0.3, -0.25) is 15.0 Å². The summed E-state index contributed by atoms with van der Waals surface area (Å²) in [6.45, 7) is 3.01. The van der Waals surface area contributed by atoms with E-state index in [0.29, 0.717) is 0 Å². The van der Waals surface area contributed by atoms with Gasteiger partial charge in [-0.05, 0) is 43.0 Å². The molecule has 0 atom stereocenters. The predicted molar refractivity (Wildman–Crippen MR) is 97.2 cm³/mol. The van der Waals surface area contributed by atoms with Crippen molar-refractivity contribution in [2.24, 2.45) is 0 Å². The highest BCUT2D eigenvalue weighted by molar-refractivity contribution is 5.75. The van der Waals surface area contributed by atoms with Gasteiger partial charge in [0, 0.05) is 38.2 Å². The van der Waals surface area contributed by atoms with Crippen molar-refractivity contribution in [2.45, 2.75) is 25.8 Å². The molecule has 5 heteroatoms. The minimum atomic E-state index is 0.749. The number of nitrogens with one attached hydrogen (secondary N) is 1. The van der Waals surface area contributed by atoms with Gasteiger partial charge in [-0.1, -0.05) is 6.07 Å². The Labute approximate surface area is 141 Å². The number of hydrogen-bond acceptors (Lipinski definition) is 5. The number of aromatic nitrogens is 3. The number of rotatable bonds is 4. The third kappa shape index (κ3) is 3.15. The maximum Gasteiger partial charge on any atom is 0.0890 e. The lowest BCUT2D eigenvalue weighted by atomic mass is 10.1. The first-order valence-corrected chi connectivity index (χ1v) is 8.53. The average molecular weight is 319 g/mol. The van der Waals surface area contributed by atoms with Crippen molar-refractivity contribution in [1.82, 2.24) is 15.0 Å². The Balaban J connectivity index is 1.52. The molecular weight excluding hydrogens is 298 g/mol. The van der Waals surface area contributed by atoms with Gasteiger partial charge in [-0.15, -0.1) is 0 Å². The van der Waals surface area contributed by atoms with E-state index in [1.807, 2.05) is 18.5 Å². The summed E-state index contributed by atoms with van der Waals surface area (Å²) in [5.74, 6) is 0. The van der Waals surface area contributed by atoms with E-state index in [4.69, 9.17) is 0 Å². The Morgan fingerprint density at radius 3 is 2.62 bits per heavy atom. The molecule has 24 heavy (non-hydrogen) atoms. The van der Waals surface area contributed by atoms with Gasteiger partial charge in [0.25, 0.3) is 0 Å². The van der Waals surface area contributed by atoms with Crippen LogP contribution in [0, 0.1) is 0 Å². The van der Waals surface area contributed by atoms with Crippen LogP contribution in [-0.2, 0) is 6.54 Å². The van der Waals surface area contributed by atoms with Crippen LogP contribution >= 0.6 is 0 Å². The molecule has 0 radical (unpaired) electrons. The largest absolute Gasteiger partial charge is 0.378 e. The van der Waals surface area contributed by atoms with Gasteiger partial charge in [0.1, 0.15) is 0 Å². The molecule has 1 saturated heterocycles. The highest BCUT2D eigenvalue weighted by atomic mass is 15.2. The molecule has 122 valence electrons. The maximum atomic E-state index is 4.38. The van der Waals surface area contributed by atoms with E-state index in [9.17, 15) is 0 Å². The highest BCUT2D eigenvalue weighted by Crippen LogP contribution is 2.27. The summed E-state index contributed by atoms with van der Waals surface area (Å²) in [5.41, 5.74) is 5.40. The van der Waals surface area contributed by atoms with Gasteiger partial charge in [0.05, 0.1) is 28.6 Å². The first-order valence-electron chi connectivity index (χ1n) is 8.53. The second-order valence-corrected chi connectivity index (χ2v) is 6.17. The molecule has 5 nitrogen and oxygen atoms in total. The van der Waals surface area contributed by atoms with Crippen molar-refractivity contribution in [2.75, 3.05) is 23.3 Å². The maximum absolute atomic E-state index is 4.38. The summed E-state index contributed by atoms with van der Waals surface area (Å²) in [6.07, 6.45) is 11.1. The Morgan fingerprint density at radius 2 is 1.75 bits per heavy atom. The molecule has 3 aromatic rings. The molecule has 3 heterocycles. The fraction of sp³-hybridized carbons (Fsp3) is 0.316. The van der Waals surface area contributed by atoms with Crippen LogP contribution in [0.15, 0.2) is 49.1 Å². The van der Waals surface area contributed by atoms with Gasteiger partial charge in [0.2, 0.25) is 0 Å². The topological polar surface area (TPSA) is 53.9 Å². The van der Waals surface area contributed by atoms with Crippen LogP contribution in [0.4, 0.5) is 11.4 Å². The molecule has 0 saturated carbocycles. The fourth-order valence-electron chi connectivity index (χ4n) is 3.25. The van der Waals surface area contributed by atoms with Gasteiger partial charge >= 0.3 is 0 Å². The van der Waals surface area contributed by atoms with Crippen LogP contribution in [0.1, 0.15) is 24.8 Å². The van der Waals surface area contributed by atoms with Gasteiger partial charge in [0.15, 0.2) is 0 Å². The summed E-state index contributed by atoms with van der Waals surface area (Å²) in [7, 11) is 0. The summed E-state index contributed by atoms with van der Waals surface area (Å²) in [4.78, 5) is 15.4. The van der Waals surface area contributed by atoms with E-state index in [-0.39, 0.29) is 0 Å². The number of hydrogen-bond donors (Lipinski definition) is 1. The summed E-state index contributed by atoms with van der Waals surface area (Å²) < 4.78 is 0. The average Bonchev–Trinajstić information content (AvgIpc) is 2.67. The molecule has 1 aromatic carbocycles. The van der Waals surface area contributed by atoms with Crippen molar-refractivity contribution >= 4 is 22.4 Å². The molecule has 0 bridgehead atoms.